The molecular formula is C16H29NO. The van der Waals surface area contributed by atoms with Gasteiger partial charge < -0.3 is 0 Å². The van der Waals surface area contributed by atoms with Gasteiger partial charge >= 0.3 is 0 Å². The second-order valence-electron chi connectivity index (χ2n) is 7.20. The second-order valence-corrected chi connectivity index (χ2v) is 7.20. The van der Waals surface area contributed by atoms with Crippen LogP contribution in [0.3, 0.4) is 0 Å². The first-order valence-electron chi connectivity index (χ1n) is 7.69. The number of piperidine rings is 1. The highest BCUT2D eigenvalue weighted by atomic mass is 16.1. The summed E-state index contributed by atoms with van der Waals surface area (Å²) in [5.41, 5.74) is 0. The average molecular weight is 251 g/mol. The number of hydrogen-bond donors (Lipinski definition) is 0. The molecule has 2 rings (SSSR count). The fraction of sp³-hybridized carbons (Fsp3) is 0.938. The molecular weight excluding hydrogens is 222 g/mol. The van der Waals surface area contributed by atoms with Crippen LogP contribution in [0.5, 0.6) is 0 Å². The number of ketones is 1. The molecule has 0 aromatic heterocycles. The van der Waals surface area contributed by atoms with Crippen LogP contribution >= 0.6 is 0 Å². The van der Waals surface area contributed by atoms with Crippen molar-refractivity contribution >= 4 is 5.78 Å². The van der Waals surface area contributed by atoms with E-state index in [-0.39, 0.29) is 12.0 Å². The summed E-state index contributed by atoms with van der Waals surface area (Å²) in [5.74, 6) is 3.15. The molecule has 4 atom stereocenters. The number of rotatable bonds is 3. The summed E-state index contributed by atoms with van der Waals surface area (Å²) in [4.78, 5) is 14.9. The summed E-state index contributed by atoms with van der Waals surface area (Å²) < 4.78 is 0. The van der Waals surface area contributed by atoms with Crippen molar-refractivity contribution in [1.82, 2.24) is 4.90 Å². The molecule has 2 aliphatic rings. The van der Waals surface area contributed by atoms with Crippen molar-refractivity contribution in [2.75, 3.05) is 6.54 Å². The van der Waals surface area contributed by atoms with Crippen molar-refractivity contribution in [2.45, 2.75) is 66.0 Å². The van der Waals surface area contributed by atoms with Crippen LogP contribution in [0.15, 0.2) is 0 Å². The van der Waals surface area contributed by atoms with E-state index in [2.05, 4.69) is 25.7 Å². The normalized spacial score (nSPS) is 37.3. The zero-order valence-electron chi connectivity index (χ0n) is 12.6. The Labute approximate surface area is 112 Å². The molecule has 0 N–H and O–H groups in total. The summed E-state index contributed by atoms with van der Waals surface area (Å²) in [6, 6.07) is 0.686. The highest BCUT2D eigenvalue weighted by Crippen LogP contribution is 2.44. The van der Waals surface area contributed by atoms with E-state index in [9.17, 15) is 4.79 Å². The quantitative estimate of drug-likeness (QED) is 0.766. The van der Waals surface area contributed by atoms with Crippen LogP contribution in [0, 0.1) is 23.7 Å². The van der Waals surface area contributed by atoms with E-state index >= 15 is 0 Å². The third kappa shape index (κ3) is 2.64. The zero-order valence-corrected chi connectivity index (χ0v) is 12.6. The Kier molecular flexibility index (Phi) is 4.15. The first kappa shape index (κ1) is 14.0. The minimum absolute atomic E-state index is 0.173. The van der Waals surface area contributed by atoms with Gasteiger partial charge in [0.05, 0.1) is 6.04 Å². The molecule has 1 aliphatic carbocycles. The summed E-state index contributed by atoms with van der Waals surface area (Å²) in [6.45, 7) is 12.1. The lowest BCUT2D eigenvalue weighted by Crippen LogP contribution is -2.53. The van der Waals surface area contributed by atoms with Crippen molar-refractivity contribution in [1.29, 1.82) is 0 Å². The van der Waals surface area contributed by atoms with Crippen molar-refractivity contribution in [3.8, 4) is 0 Å². The van der Waals surface area contributed by atoms with Gasteiger partial charge in [-0.1, -0.05) is 20.8 Å². The molecule has 0 radical (unpaired) electrons. The maximum absolute atomic E-state index is 12.4. The van der Waals surface area contributed by atoms with Gasteiger partial charge in [-0.25, -0.2) is 0 Å². The van der Waals surface area contributed by atoms with Gasteiger partial charge in [-0.05, 0) is 50.9 Å². The van der Waals surface area contributed by atoms with E-state index in [0.29, 0.717) is 11.8 Å². The van der Waals surface area contributed by atoms with Gasteiger partial charge in [0.2, 0.25) is 0 Å². The van der Waals surface area contributed by atoms with Gasteiger partial charge in [-0.2, -0.15) is 0 Å². The van der Waals surface area contributed by atoms with Gasteiger partial charge in [0.15, 0.2) is 5.78 Å². The van der Waals surface area contributed by atoms with E-state index in [1.165, 1.54) is 12.8 Å². The van der Waals surface area contributed by atoms with Gasteiger partial charge in [-0.15, -0.1) is 0 Å². The smallest absolute Gasteiger partial charge is 0.152 e. The molecule has 0 bridgehead atoms. The maximum Gasteiger partial charge on any atom is 0.152 e. The van der Waals surface area contributed by atoms with Crippen molar-refractivity contribution in [3.05, 3.63) is 0 Å². The molecule has 1 saturated heterocycles. The Bertz CT molecular complexity index is 310. The van der Waals surface area contributed by atoms with Crippen molar-refractivity contribution in [3.63, 3.8) is 0 Å². The number of nitrogens with zero attached hydrogens (tertiary/aromatic N) is 1. The predicted molar refractivity (Wildman–Crippen MR) is 75.5 cm³/mol. The maximum atomic E-state index is 12.4. The van der Waals surface area contributed by atoms with Gasteiger partial charge in [0, 0.05) is 18.5 Å². The molecule has 104 valence electrons. The summed E-state index contributed by atoms with van der Waals surface area (Å²) in [6.07, 6.45) is 3.83. The standard InChI is InChI=1S/C16H29NO/c1-10(2)16(18)15-8-13-6-12(5)7-14(13)9-17(15)11(3)4/h10-15H,6-9H2,1-5H3. The van der Waals surface area contributed by atoms with Crippen LogP contribution < -0.4 is 0 Å². The topological polar surface area (TPSA) is 20.3 Å². The van der Waals surface area contributed by atoms with E-state index in [1.807, 2.05) is 13.8 Å². The molecule has 0 aromatic rings. The van der Waals surface area contributed by atoms with Crippen LogP contribution in [-0.4, -0.2) is 29.3 Å². The SMILES string of the molecule is CC1CC2CC(C(=O)C(C)C)N(C(C)C)CC2C1. The third-order valence-corrected chi connectivity index (χ3v) is 5.01. The molecule has 1 aliphatic heterocycles. The molecule has 1 heterocycles. The van der Waals surface area contributed by atoms with E-state index < -0.39 is 0 Å². The Balaban J connectivity index is 2.14. The number of Topliss-reactive ketones (excluding diaryl/α,β-unsaturated/α-hetero) is 1. The number of hydrogen-bond acceptors (Lipinski definition) is 2. The van der Waals surface area contributed by atoms with E-state index in [1.54, 1.807) is 0 Å². The number of carbonyl (C=O) groups is 1. The van der Waals surface area contributed by atoms with Crippen molar-refractivity contribution < 1.29 is 4.79 Å². The molecule has 2 heteroatoms. The van der Waals surface area contributed by atoms with Crippen LogP contribution in [0.25, 0.3) is 0 Å². The fourth-order valence-electron chi connectivity index (χ4n) is 4.08. The number of carbonyl (C=O) groups excluding carboxylic acids is 1. The van der Waals surface area contributed by atoms with Crippen LogP contribution in [-0.2, 0) is 4.79 Å². The van der Waals surface area contributed by atoms with Crippen LogP contribution in [0.4, 0.5) is 0 Å². The Morgan fingerprint density at radius 3 is 2.22 bits per heavy atom. The van der Waals surface area contributed by atoms with Crippen LogP contribution in [0.2, 0.25) is 0 Å². The monoisotopic (exact) mass is 251 g/mol. The average Bonchev–Trinajstić information content (AvgIpc) is 2.65. The third-order valence-electron chi connectivity index (χ3n) is 5.01. The van der Waals surface area contributed by atoms with E-state index in [0.717, 1.165) is 30.7 Å². The van der Waals surface area contributed by atoms with Crippen molar-refractivity contribution in [2.24, 2.45) is 23.7 Å². The summed E-state index contributed by atoms with van der Waals surface area (Å²) in [5, 5.41) is 0. The lowest BCUT2D eigenvalue weighted by molar-refractivity contribution is -0.131. The summed E-state index contributed by atoms with van der Waals surface area (Å²) in [7, 11) is 0. The molecule has 1 saturated carbocycles. The molecule has 2 fully saturated rings. The highest BCUT2D eigenvalue weighted by Gasteiger charge is 2.43. The first-order chi connectivity index (χ1) is 8.40. The second kappa shape index (κ2) is 5.32. The van der Waals surface area contributed by atoms with Crippen LogP contribution in [0.1, 0.15) is 53.9 Å². The molecule has 0 amide bonds. The fourth-order valence-corrected chi connectivity index (χ4v) is 4.08. The lowest BCUT2D eigenvalue weighted by Gasteiger charge is -2.44. The molecule has 4 unspecified atom stereocenters. The van der Waals surface area contributed by atoms with Gasteiger partial charge in [0.25, 0.3) is 0 Å². The highest BCUT2D eigenvalue weighted by molar-refractivity contribution is 5.85. The first-order valence-corrected chi connectivity index (χ1v) is 7.69. The molecule has 0 aromatic carbocycles. The Hall–Kier alpha value is -0.370. The number of likely N-dealkylation sites (tertiary alicyclic amines) is 1. The summed E-state index contributed by atoms with van der Waals surface area (Å²) >= 11 is 0. The molecule has 18 heavy (non-hydrogen) atoms. The van der Waals surface area contributed by atoms with Gasteiger partial charge in [-0.3, -0.25) is 9.69 Å². The van der Waals surface area contributed by atoms with Gasteiger partial charge in [0.1, 0.15) is 0 Å². The van der Waals surface area contributed by atoms with E-state index in [4.69, 9.17) is 0 Å². The largest absolute Gasteiger partial charge is 0.298 e. The molecule has 0 spiro atoms. The molecule has 2 nitrogen and oxygen atoms in total. The lowest BCUT2D eigenvalue weighted by atomic mass is 9.80. The Morgan fingerprint density at radius 1 is 1.06 bits per heavy atom. The minimum atomic E-state index is 0.173. The predicted octanol–water partition coefficient (Wildman–Crippen LogP) is 3.36. The Morgan fingerprint density at radius 2 is 1.67 bits per heavy atom. The number of fused-ring (bicyclic) bond motifs is 1. The zero-order chi connectivity index (χ0) is 13.4. The minimum Gasteiger partial charge on any atom is -0.298 e.